The van der Waals surface area contributed by atoms with Crippen molar-refractivity contribution in [2.45, 2.75) is 58.6 Å². The molecule has 0 atom stereocenters. The van der Waals surface area contributed by atoms with Gasteiger partial charge in [-0.05, 0) is 63.3 Å². The third kappa shape index (κ3) is 7.64. The van der Waals surface area contributed by atoms with Crippen LogP contribution in [0, 0.1) is 11.7 Å². The topological polar surface area (TPSA) is 120 Å². The van der Waals surface area contributed by atoms with Gasteiger partial charge in [0, 0.05) is 51.3 Å². The Hall–Kier alpha value is -4.39. The van der Waals surface area contributed by atoms with Gasteiger partial charge in [-0.3, -0.25) is 14.6 Å². The molecule has 0 spiro atoms. The lowest BCUT2D eigenvalue weighted by Crippen LogP contribution is -2.52. The summed E-state index contributed by atoms with van der Waals surface area (Å²) in [7, 11) is 0. The number of carbonyl (C=O) groups is 3. The lowest BCUT2D eigenvalue weighted by Gasteiger charge is -2.35. The fourth-order valence-corrected chi connectivity index (χ4v) is 6.13. The smallest absolute Gasteiger partial charge is 0.410 e. The fourth-order valence-electron chi connectivity index (χ4n) is 5.11. The molecule has 2 amide bonds. The van der Waals surface area contributed by atoms with E-state index < -0.39 is 11.4 Å². The number of hydrogen-bond donors (Lipinski definition) is 0. The Bertz CT molecular complexity index is 1740. The normalized spacial score (nSPS) is 15.4. The monoisotopic (exact) mass is 634 g/mol. The van der Waals surface area contributed by atoms with Crippen LogP contribution in [0.15, 0.2) is 42.7 Å². The van der Waals surface area contributed by atoms with Crippen LogP contribution in [0.3, 0.4) is 0 Å². The van der Waals surface area contributed by atoms with Crippen molar-refractivity contribution >= 4 is 39.3 Å². The van der Waals surface area contributed by atoms with Crippen LogP contribution >= 0.6 is 11.3 Å². The number of hydrogen-bond acceptors (Lipinski definition) is 9. The number of ether oxygens (including phenoxy) is 2. The van der Waals surface area contributed by atoms with Crippen LogP contribution in [0.25, 0.3) is 20.8 Å². The van der Waals surface area contributed by atoms with Gasteiger partial charge in [-0.1, -0.05) is 11.3 Å². The van der Waals surface area contributed by atoms with E-state index >= 15 is 0 Å². The van der Waals surface area contributed by atoms with Crippen molar-refractivity contribution in [2.75, 3.05) is 26.2 Å². The SMILES string of the molecule is CC(C)(C)OC(=O)N1CCN(C(=O)Cn2cc(-c3cc4nccc(Oc5ccc(CC(=O)CC6CC6)cc5F)c4s3)nn2)CC1. The average molecular weight is 635 g/mol. The predicted molar refractivity (Wildman–Crippen MR) is 166 cm³/mol. The molecule has 4 aromatic rings. The van der Waals surface area contributed by atoms with Gasteiger partial charge >= 0.3 is 6.09 Å². The highest BCUT2D eigenvalue weighted by molar-refractivity contribution is 7.22. The van der Waals surface area contributed by atoms with E-state index in [1.807, 2.05) is 26.8 Å². The summed E-state index contributed by atoms with van der Waals surface area (Å²) >= 11 is 1.38. The number of benzene rings is 1. The average Bonchev–Trinajstić information content (AvgIpc) is 3.48. The Morgan fingerprint density at radius 1 is 1.02 bits per heavy atom. The number of ketones is 1. The van der Waals surface area contributed by atoms with Crippen molar-refractivity contribution in [1.29, 1.82) is 0 Å². The highest BCUT2D eigenvalue weighted by Gasteiger charge is 2.28. The number of aromatic nitrogens is 4. The second-order valence-corrected chi connectivity index (χ2v) is 13.6. The molecule has 2 aliphatic rings. The molecule has 1 saturated carbocycles. The first-order valence-corrected chi connectivity index (χ1v) is 15.8. The van der Waals surface area contributed by atoms with E-state index in [-0.39, 0.29) is 36.5 Å². The Morgan fingerprint density at radius 2 is 1.78 bits per heavy atom. The summed E-state index contributed by atoms with van der Waals surface area (Å²) in [6.07, 6.45) is 5.91. The lowest BCUT2D eigenvalue weighted by atomic mass is 10.0. The van der Waals surface area contributed by atoms with Crippen LogP contribution in [0.2, 0.25) is 0 Å². The van der Waals surface area contributed by atoms with E-state index in [2.05, 4.69) is 15.3 Å². The Morgan fingerprint density at radius 3 is 2.49 bits per heavy atom. The molecular formula is C32H35FN6O5S. The quantitative estimate of drug-likeness (QED) is 0.238. The summed E-state index contributed by atoms with van der Waals surface area (Å²) < 4.78 is 28.6. The number of piperazine rings is 1. The summed E-state index contributed by atoms with van der Waals surface area (Å²) in [4.78, 5) is 46.0. The molecule has 0 N–H and O–H groups in total. The largest absolute Gasteiger partial charge is 0.453 e. The molecule has 1 saturated heterocycles. The van der Waals surface area contributed by atoms with E-state index in [1.54, 1.807) is 40.4 Å². The number of fused-ring (bicyclic) bond motifs is 1. The highest BCUT2D eigenvalue weighted by atomic mass is 32.1. The molecule has 0 unspecified atom stereocenters. The van der Waals surface area contributed by atoms with Crippen LogP contribution < -0.4 is 4.74 Å². The van der Waals surface area contributed by atoms with Crippen molar-refractivity contribution in [2.24, 2.45) is 5.92 Å². The van der Waals surface area contributed by atoms with Crippen molar-refractivity contribution in [1.82, 2.24) is 29.8 Å². The van der Waals surface area contributed by atoms with Gasteiger partial charge in [0.25, 0.3) is 0 Å². The highest BCUT2D eigenvalue weighted by Crippen LogP contribution is 2.39. The van der Waals surface area contributed by atoms with Crippen molar-refractivity contribution in [3.05, 3.63) is 54.1 Å². The maximum atomic E-state index is 15.0. The Balaban J connectivity index is 1.08. The molecular weight excluding hydrogens is 599 g/mol. The molecule has 2 fully saturated rings. The van der Waals surface area contributed by atoms with Crippen LogP contribution in [-0.2, 0) is 27.3 Å². The number of Topliss-reactive ketones (excluding diaryl/α,β-unsaturated/α-hetero) is 1. The number of halogens is 1. The third-order valence-corrected chi connectivity index (χ3v) is 8.74. The second kappa shape index (κ2) is 12.5. The molecule has 45 heavy (non-hydrogen) atoms. The van der Waals surface area contributed by atoms with Gasteiger partial charge in [-0.15, -0.1) is 16.4 Å². The molecule has 1 aliphatic heterocycles. The van der Waals surface area contributed by atoms with Crippen molar-refractivity contribution < 1.29 is 28.2 Å². The third-order valence-electron chi connectivity index (χ3n) is 7.58. The molecule has 4 heterocycles. The predicted octanol–water partition coefficient (Wildman–Crippen LogP) is 5.48. The fraction of sp³-hybridized carbons (Fsp3) is 0.438. The first-order chi connectivity index (χ1) is 21.5. The number of nitrogens with zero attached hydrogens (tertiary/aromatic N) is 6. The van der Waals surface area contributed by atoms with Crippen LogP contribution in [-0.4, -0.2) is 79.3 Å². The van der Waals surface area contributed by atoms with Crippen molar-refractivity contribution in [3.8, 4) is 22.1 Å². The molecule has 11 nitrogen and oxygen atoms in total. The zero-order chi connectivity index (χ0) is 31.7. The molecule has 1 aliphatic carbocycles. The molecule has 1 aromatic carbocycles. The maximum absolute atomic E-state index is 15.0. The summed E-state index contributed by atoms with van der Waals surface area (Å²) in [6, 6.07) is 8.16. The standard InChI is InChI=1S/C32H35FN6O5S/c1-32(2,3)44-31(42)38-12-10-37(11-13-38)29(41)19-39-18-25(35-36-39)28-17-24-30(45-28)27(8-9-34-24)43-26-7-6-21(16-23(26)33)15-22(40)14-20-4-5-20/h6-9,16-18,20H,4-5,10-15,19H2,1-3H3. The summed E-state index contributed by atoms with van der Waals surface area (Å²) in [5.41, 5.74) is 1.28. The number of thiophene rings is 1. The van der Waals surface area contributed by atoms with Crippen LogP contribution in [0.4, 0.5) is 9.18 Å². The molecule has 236 valence electrons. The molecule has 13 heteroatoms. The Labute approximate surface area is 263 Å². The number of amides is 2. The summed E-state index contributed by atoms with van der Waals surface area (Å²) in [5, 5.41) is 8.41. The zero-order valence-corrected chi connectivity index (χ0v) is 26.3. The second-order valence-electron chi connectivity index (χ2n) is 12.5. The van der Waals surface area contributed by atoms with Crippen LogP contribution in [0.5, 0.6) is 11.5 Å². The minimum absolute atomic E-state index is 0.0123. The lowest BCUT2D eigenvalue weighted by molar-refractivity contribution is -0.133. The summed E-state index contributed by atoms with van der Waals surface area (Å²) in [5.74, 6) is 0.485. The minimum atomic E-state index is -0.574. The van der Waals surface area contributed by atoms with Gasteiger partial charge in [0.05, 0.1) is 21.3 Å². The first-order valence-electron chi connectivity index (χ1n) is 15.0. The van der Waals surface area contributed by atoms with Gasteiger partial charge in [0.15, 0.2) is 11.6 Å². The molecule has 6 rings (SSSR count). The molecule has 3 aromatic heterocycles. The molecule has 0 radical (unpaired) electrons. The summed E-state index contributed by atoms with van der Waals surface area (Å²) in [6.45, 7) is 7.09. The van der Waals surface area contributed by atoms with Gasteiger partial charge in [-0.25, -0.2) is 13.9 Å². The van der Waals surface area contributed by atoms with Gasteiger partial charge < -0.3 is 19.3 Å². The molecule has 0 bridgehead atoms. The maximum Gasteiger partial charge on any atom is 0.410 e. The first kappa shape index (κ1) is 30.6. The van der Waals surface area contributed by atoms with E-state index in [0.717, 1.165) is 17.7 Å². The minimum Gasteiger partial charge on any atom is -0.453 e. The van der Waals surface area contributed by atoms with E-state index in [9.17, 15) is 18.8 Å². The number of pyridine rings is 1. The van der Waals surface area contributed by atoms with Gasteiger partial charge in [0.1, 0.15) is 29.4 Å². The van der Waals surface area contributed by atoms with Gasteiger partial charge in [0.2, 0.25) is 5.91 Å². The zero-order valence-electron chi connectivity index (χ0n) is 25.5. The van der Waals surface area contributed by atoms with E-state index in [0.29, 0.717) is 65.7 Å². The van der Waals surface area contributed by atoms with Gasteiger partial charge in [-0.2, -0.15) is 0 Å². The number of carbonyl (C=O) groups excluding carboxylic acids is 3. The van der Waals surface area contributed by atoms with Crippen LogP contribution in [0.1, 0.15) is 45.6 Å². The number of rotatable bonds is 9. The van der Waals surface area contributed by atoms with Crippen molar-refractivity contribution in [3.63, 3.8) is 0 Å². The van der Waals surface area contributed by atoms with E-state index in [4.69, 9.17) is 9.47 Å². The Kier molecular flexibility index (Phi) is 8.54. The van der Waals surface area contributed by atoms with E-state index in [1.165, 1.54) is 22.1 Å².